The van der Waals surface area contributed by atoms with Gasteiger partial charge in [0, 0.05) is 12.6 Å². The van der Waals surface area contributed by atoms with Gasteiger partial charge in [-0.25, -0.2) is 0 Å². The normalized spacial score (nSPS) is 13.4. The van der Waals surface area contributed by atoms with Crippen LogP contribution in [0.2, 0.25) is 0 Å². The molecule has 2 nitrogen and oxygen atoms in total. The minimum absolute atomic E-state index is 0.116. The summed E-state index contributed by atoms with van der Waals surface area (Å²) in [7, 11) is 0. The molecule has 0 heterocycles. The fraction of sp³-hybridized carbons (Fsp3) is 0.684. The number of rotatable bonds is 9. The third-order valence-corrected chi connectivity index (χ3v) is 4.01. The van der Waals surface area contributed by atoms with Gasteiger partial charge in [-0.3, -0.25) is 0 Å². The van der Waals surface area contributed by atoms with Crippen molar-refractivity contribution in [2.45, 2.75) is 53.5 Å². The predicted molar refractivity (Wildman–Crippen MR) is 93.5 cm³/mol. The molecule has 0 aliphatic carbocycles. The van der Waals surface area contributed by atoms with Gasteiger partial charge >= 0.3 is 0 Å². The standard InChI is InChI=1S/C19H34N2/c1-15(2)10-12-21(13-11-16(3)4)14-19(20)18-8-6-17(5)7-9-18/h6-9,15-16,19H,10-14,20H2,1-5H3. The second-order valence-electron chi connectivity index (χ2n) is 7.18. The molecule has 2 heteroatoms. The molecular weight excluding hydrogens is 256 g/mol. The molecule has 0 aliphatic heterocycles. The van der Waals surface area contributed by atoms with Crippen LogP contribution >= 0.6 is 0 Å². The number of benzene rings is 1. The van der Waals surface area contributed by atoms with Gasteiger partial charge in [0.2, 0.25) is 0 Å². The van der Waals surface area contributed by atoms with E-state index in [2.05, 4.69) is 63.8 Å². The van der Waals surface area contributed by atoms with Crippen molar-refractivity contribution >= 4 is 0 Å². The van der Waals surface area contributed by atoms with E-state index in [1.165, 1.54) is 24.0 Å². The monoisotopic (exact) mass is 290 g/mol. The van der Waals surface area contributed by atoms with Crippen LogP contribution in [-0.2, 0) is 0 Å². The first kappa shape index (κ1) is 18.2. The Kier molecular flexibility index (Phi) is 7.98. The molecule has 21 heavy (non-hydrogen) atoms. The molecule has 0 saturated heterocycles. The van der Waals surface area contributed by atoms with Gasteiger partial charge in [-0.05, 0) is 50.3 Å². The quantitative estimate of drug-likeness (QED) is 0.731. The number of hydrogen-bond acceptors (Lipinski definition) is 2. The topological polar surface area (TPSA) is 29.3 Å². The van der Waals surface area contributed by atoms with Crippen molar-refractivity contribution in [3.63, 3.8) is 0 Å². The van der Waals surface area contributed by atoms with Crippen molar-refractivity contribution in [3.05, 3.63) is 35.4 Å². The first-order valence-corrected chi connectivity index (χ1v) is 8.43. The summed E-state index contributed by atoms with van der Waals surface area (Å²) < 4.78 is 0. The Hall–Kier alpha value is -0.860. The van der Waals surface area contributed by atoms with Crippen LogP contribution in [0.3, 0.4) is 0 Å². The SMILES string of the molecule is Cc1ccc(C(N)CN(CCC(C)C)CCC(C)C)cc1. The van der Waals surface area contributed by atoms with Crippen LogP contribution in [0, 0.1) is 18.8 Å². The van der Waals surface area contributed by atoms with E-state index in [1.807, 2.05) is 0 Å². The van der Waals surface area contributed by atoms with E-state index in [0.29, 0.717) is 0 Å². The van der Waals surface area contributed by atoms with Crippen molar-refractivity contribution in [1.82, 2.24) is 4.90 Å². The van der Waals surface area contributed by atoms with E-state index in [-0.39, 0.29) is 6.04 Å². The van der Waals surface area contributed by atoms with E-state index in [4.69, 9.17) is 5.73 Å². The molecule has 0 radical (unpaired) electrons. The van der Waals surface area contributed by atoms with Gasteiger partial charge in [0.05, 0.1) is 0 Å². The third-order valence-electron chi connectivity index (χ3n) is 4.01. The summed E-state index contributed by atoms with van der Waals surface area (Å²) in [4.78, 5) is 2.55. The Morgan fingerprint density at radius 1 is 0.905 bits per heavy atom. The Morgan fingerprint density at radius 3 is 1.81 bits per heavy atom. The summed E-state index contributed by atoms with van der Waals surface area (Å²) in [5.41, 5.74) is 8.96. The molecule has 0 amide bonds. The Bertz CT molecular complexity index is 369. The van der Waals surface area contributed by atoms with E-state index in [0.717, 1.165) is 31.5 Å². The van der Waals surface area contributed by atoms with Gasteiger partial charge in [-0.2, -0.15) is 0 Å². The maximum absolute atomic E-state index is 6.42. The largest absolute Gasteiger partial charge is 0.323 e. The summed E-state index contributed by atoms with van der Waals surface area (Å²) >= 11 is 0. The van der Waals surface area contributed by atoms with Crippen molar-refractivity contribution in [2.24, 2.45) is 17.6 Å². The highest BCUT2D eigenvalue weighted by Gasteiger charge is 2.13. The van der Waals surface area contributed by atoms with E-state index in [9.17, 15) is 0 Å². The number of aryl methyl sites for hydroxylation is 1. The smallest absolute Gasteiger partial charge is 0.0424 e. The zero-order valence-corrected chi connectivity index (χ0v) is 14.6. The maximum atomic E-state index is 6.42. The molecule has 1 aromatic carbocycles. The van der Waals surface area contributed by atoms with Crippen molar-refractivity contribution in [3.8, 4) is 0 Å². The second kappa shape index (κ2) is 9.22. The Labute approximate surface area is 131 Å². The predicted octanol–water partition coefficient (Wildman–Crippen LogP) is 4.39. The summed E-state index contributed by atoms with van der Waals surface area (Å²) in [5, 5.41) is 0. The number of nitrogens with zero attached hydrogens (tertiary/aromatic N) is 1. The van der Waals surface area contributed by atoms with Gasteiger partial charge in [-0.15, -0.1) is 0 Å². The lowest BCUT2D eigenvalue weighted by atomic mass is 10.0. The fourth-order valence-electron chi connectivity index (χ4n) is 2.37. The second-order valence-corrected chi connectivity index (χ2v) is 7.18. The Morgan fingerprint density at radius 2 is 1.38 bits per heavy atom. The van der Waals surface area contributed by atoms with E-state index in [1.54, 1.807) is 0 Å². The number of hydrogen-bond donors (Lipinski definition) is 1. The minimum Gasteiger partial charge on any atom is -0.323 e. The van der Waals surface area contributed by atoms with Gasteiger partial charge in [0.1, 0.15) is 0 Å². The first-order valence-electron chi connectivity index (χ1n) is 8.43. The lowest BCUT2D eigenvalue weighted by Gasteiger charge is -2.27. The minimum atomic E-state index is 0.116. The van der Waals surface area contributed by atoms with Crippen LogP contribution in [0.1, 0.15) is 57.7 Å². The highest BCUT2D eigenvalue weighted by molar-refractivity contribution is 5.24. The van der Waals surface area contributed by atoms with Crippen molar-refractivity contribution in [1.29, 1.82) is 0 Å². The highest BCUT2D eigenvalue weighted by atomic mass is 15.1. The molecule has 1 atom stereocenters. The molecule has 0 bridgehead atoms. The summed E-state index contributed by atoms with van der Waals surface area (Å²) in [6.45, 7) is 14.6. The molecular formula is C19H34N2. The van der Waals surface area contributed by atoms with Gasteiger partial charge in [-0.1, -0.05) is 57.5 Å². The summed E-state index contributed by atoms with van der Waals surface area (Å²) in [5.74, 6) is 1.50. The number of nitrogens with two attached hydrogens (primary N) is 1. The maximum Gasteiger partial charge on any atom is 0.0424 e. The molecule has 0 spiro atoms. The van der Waals surface area contributed by atoms with Gasteiger partial charge in [0.15, 0.2) is 0 Å². The molecule has 0 fully saturated rings. The fourth-order valence-corrected chi connectivity index (χ4v) is 2.37. The van der Waals surface area contributed by atoms with Gasteiger partial charge < -0.3 is 10.6 Å². The van der Waals surface area contributed by atoms with E-state index < -0.39 is 0 Å². The van der Waals surface area contributed by atoms with Crippen LogP contribution < -0.4 is 5.73 Å². The average molecular weight is 290 g/mol. The molecule has 1 aromatic rings. The van der Waals surface area contributed by atoms with Crippen LogP contribution in [0.4, 0.5) is 0 Å². The highest BCUT2D eigenvalue weighted by Crippen LogP contribution is 2.15. The zero-order valence-electron chi connectivity index (χ0n) is 14.6. The van der Waals surface area contributed by atoms with Gasteiger partial charge in [0.25, 0.3) is 0 Å². The molecule has 1 unspecified atom stereocenters. The van der Waals surface area contributed by atoms with E-state index >= 15 is 0 Å². The molecule has 0 aromatic heterocycles. The lowest BCUT2D eigenvalue weighted by molar-refractivity contribution is 0.230. The first-order chi connectivity index (χ1) is 9.88. The molecule has 0 saturated carbocycles. The Balaban J connectivity index is 2.58. The molecule has 120 valence electrons. The van der Waals surface area contributed by atoms with Crippen LogP contribution in [-0.4, -0.2) is 24.5 Å². The van der Waals surface area contributed by atoms with Crippen LogP contribution in [0.25, 0.3) is 0 Å². The third kappa shape index (κ3) is 7.63. The van der Waals surface area contributed by atoms with Crippen LogP contribution in [0.15, 0.2) is 24.3 Å². The van der Waals surface area contributed by atoms with Crippen molar-refractivity contribution in [2.75, 3.05) is 19.6 Å². The lowest BCUT2D eigenvalue weighted by Crippen LogP contribution is -2.34. The molecule has 1 rings (SSSR count). The zero-order chi connectivity index (χ0) is 15.8. The molecule has 0 aliphatic rings. The summed E-state index contributed by atoms with van der Waals surface area (Å²) in [6.07, 6.45) is 2.50. The van der Waals surface area contributed by atoms with Crippen molar-refractivity contribution < 1.29 is 0 Å². The average Bonchev–Trinajstić information content (AvgIpc) is 2.42. The van der Waals surface area contributed by atoms with Crippen LogP contribution in [0.5, 0.6) is 0 Å². The molecule has 2 N–H and O–H groups in total. The summed E-state index contributed by atoms with van der Waals surface area (Å²) in [6, 6.07) is 8.76.